The second kappa shape index (κ2) is 7.49. The Morgan fingerprint density at radius 2 is 0.795 bits per heavy atom. The van der Waals surface area contributed by atoms with Gasteiger partial charge in [-0.2, -0.15) is 0 Å². The lowest BCUT2D eigenvalue weighted by Crippen LogP contribution is -1.94. The fraction of sp³-hybridized carbons (Fsp3) is 0. The Kier molecular flexibility index (Phi) is 3.93. The van der Waals surface area contributed by atoms with Gasteiger partial charge < -0.3 is 13.6 Å². The first-order chi connectivity index (χ1) is 19.3. The minimum Gasteiger partial charge on any atom is -0.456 e. The summed E-state index contributed by atoms with van der Waals surface area (Å²) in [7, 11) is 0. The average molecular weight is 503 g/mol. The van der Waals surface area contributed by atoms with Crippen LogP contribution in [0.25, 0.3) is 77.4 Å². The van der Waals surface area contributed by atoms with Crippen LogP contribution in [0.5, 0.6) is 0 Å². The quantitative estimate of drug-likeness (QED) is 0.247. The van der Waals surface area contributed by atoms with E-state index >= 15 is 0 Å². The first kappa shape index (κ1) is 20.5. The first-order valence-electron chi connectivity index (χ1n) is 12.7. The lowest BCUT2D eigenvalue weighted by atomic mass is 10.1. The molecule has 7 nitrogen and oxygen atoms in total. The van der Waals surface area contributed by atoms with E-state index in [1.807, 2.05) is 61.2 Å². The van der Waals surface area contributed by atoms with Crippen LogP contribution >= 0.6 is 0 Å². The molecule has 7 heterocycles. The Labute approximate surface area is 220 Å². The molecule has 7 heteroatoms. The van der Waals surface area contributed by atoms with E-state index in [-0.39, 0.29) is 0 Å². The molecular formula is C32H18N6O. The smallest absolute Gasteiger partial charge is 0.135 e. The number of rotatable bonds is 2. The molecular weight excluding hydrogens is 484 g/mol. The van der Waals surface area contributed by atoms with Crippen LogP contribution in [0.1, 0.15) is 0 Å². The molecule has 9 rings (SSSR count). The van der Waals surface area contributed by atoms with Crippen molar-refractivity contribution in [1.29, 1.82) is 0 Å². The second-order valence-electron chi connectivity index (χ2n) is 9.62. The summed E-state index contributed by atoms with van der Waals surface area (Å²) in [6, 6.07) is 28.9. The molecule has 0 N–H and O–H groups in total. The summed E-state index contributed by atoms with van der Waals surface area (Å²) >= 11 is 0. The third-order valence-corrected chi connectivity index (χ3v) is 7.51. The van der Waals surface area contributed by atoms with Crippen LogP contribution in [0, 0.1) is 0 Å². The zero-order valence-electron chi connectivity index (χ0n) is 20.5. The third-order valence-electron chi connectivity index (χ3n) is 7.51. The Morgan fingerprint density at radius 3 is 1.15 bits per heavy atom. The molecule has 0 aliphatic rings. The van der Waals surface area contributed by atoms with Crippen molar-refractivity contribution in [2.75, 3.05) is 0 Å². The molecule has 0 unspecified atom stereocenters. The zero-order chi connectivity index (χ0) is 25.5. The van der Waals surface area contributed by atoms with Crippen LogP contribution < -0.4 is 0 Å². The van der Waals surface area contributed by atoms with E-state index in [0.29, 0.717) is 0 Å². The summed E-state index contributed by atoms with van der Waals surface area (Å²) in [6.07, 6.45) is 7.26. The molecule has 0 aliphatic heterocycles. The minimum atomic E-state index is 0.841. The van der Waals surface area contributed by atoms with Gasteiger partial charge in [0.15, 0.2) is 0 Å². The standard InChI is InChI=1S/C32H18N6O/c1-5-23-29(33-13-1)30-24(6-2-14-34-30)37(23)19-9-11-27-21(17-19)22-18-20(10-12-28(22)39-27)38-25-7-3-15-35-31(25)32-26(38)8-4-16-36-32/h1-18H. The molecule has 0 atom stereocenters. The molecule has 0 bridgehead atoms. The lowest BCUT2D eigenvalue weighted by Gasteiger charge is -2.08. The Hall–Kier alpha value is -5.56. The average Bonchev–Trinajstić information content (AvgIpc) is 3.64. The van der Waals surface area contributed by atoms with Crippen molar-refractivity contribution in [2.24, 2.45) is 0 Å². The SMILES string of the molecule is c1cnc2c3ncccc3n(-c3ccc4oc5ccc(-n6c7cccnc7c7ncccc76)cc5c4c3)c2c1. The van der Waals surface area contributed by atoms with Gasteiger partial charge in [-0.15, -0.1) is 0 Å². The topological polar surface area (TPSA) is 74.6 Å². The van der Waals surface area contributed by atoms with Crippen LogP contribution in [0.15, 0.2) is 114 Å². The van der Waals surface area contributed by atoms with Gasteiger partial charge >= 0.3 is 0 Å². The molecule has 182 valence electrons. The number of furan rings is 1. The molecule has 0 amide bonds. The van der Waals surface area contributed by atoms with Gasteiger partial charge in [0.2, 0.25) is 0 Å². The summed E-state index contributed by atoms with van der Waals surface area (Å²) in [5, 5.41) is 2.09. The Balaban J connectivity index is 1.32. The van der Waals surface area contributed by atoms with Gasteiger partial charge in [-0.1, -0.05) is 0 Å². The molecule has 9 aromatic rings. The highest BCUT2D eigenvalue weighted by atomic mass is 16.3. The normalized spacial score (nSPS) is 12.1. The number of nitrogens with zero attached hydrogens (tertiary/aromatic N) is 6. The molecule has 0 spiro atoms. The Bertz CT molecular complexity index is 2140. The van der Waals surface area contributed by atoms with Gasteiger partial charge in [0, 0.05) is 46.9 Å². The minimum absolute atomic E-state index is 0.841. The largest absolute Gasteiger partial charge is 0.456 e. The van der Waals surface area contributed by atoms with Crippen molar-refractivity contribution in [3.8, 4) is 11.4 Å². The summed E-state index contributed by atoms with van der Waals surface area (Å²) in [5.41, 5.74) is 11.4. The van der Waals surface area contributed by atoms with Crippen molar-refractivity contribution < 1.29 is 4.42 Å². The molecule has 7 aromatic heterocycles. The van der Waals surface area contributed by atoms with E-state index in [1.54, 1.807) is 0 Å². The monoisotopic (exact) mass is 502 g/mol. The van der Waals surface area contributed by atoms with Gasteiger partial charge in [0.05, 0.1) is 22.1 Å². The van der Waals surface area contributed by atoms with Crippen LogP contribution in [0.4, 0.5) is 0 Å². The van der Waals surface area contributed by atoms with E-state index in [0.717, 1.165) is 77.4 Å². The summed E-state index contributed by atoms with van der Waals surface area (Å²) in [5.74, 6) is 0. The van der Waals surface area contributed by atoms with Crippen LogP contribution in [-0.2, 0) is 0 Å². The number of hydrogen-bond acceptors (Lipinski definition) is 5. The molecule has 0 saturated carbocycles. The zero-order valence-corrected chi connectivity index (χ0v) is 20.5. The van der Waals surface area contributed by atoms with Crippen molar-refractivity contribution in [1.82, 2.24) is 29.1 Å². The molecule has 0 saturated heterocycles. The molecule has 0 fully saturated rings. The van der Waals surface area contributed by atoms with Gasteiger partial charge in [-0.05, 0) is 84.9 Å². The van der Waals surface area contributed by atoms with Crippen molar-refractivity contribution >= 4 is 66.1 Å². The molecule has 0 aliphatic carbocycles. The molecule has 39 heavy (non-hydrogen) atoms. The fourth-order valence-corrected chi connectivity index (χ4v) is 5.89. The molecule has 2 aromatic carbocycles. The number of aromatic nitrogens is 6. The highest BCUT2D eigenvalue weighted by Gasteiger charge is 2.18. The van der Waals surface area contributed by atoms with Crippen LogP contribution in [0.2, 0.25) is 0 Å². The maximum atomic E-state index is 6.28. The number of pyridine rings is 4. The summed E-state index contributed by atoms with van der Waals surface area (Å²) < 4.78 is 10.7. The lowest BCUT2D eigenvalue weighted by molar-refractivity contribution is 0.669. The predicted molar refractivity (Wildman–Crippen MR) is 154 cm³/mol. The third kappa shape index (κ3) is 2.76. The highest BCUT2D eigenvalue weighted by Crippen LogP contribution is 2.36. The van der Waals surface area contributed by atoms with E-state index < -0.39 is 0 Å². The summed E-state index contributed by atoms with van der Waals surface area (Å²) in [4.78, 5) is 18.5. The van der Waals surface area contributed by atoms with Crippen LogP contribution in [0.3, 0.4) is 0 Å². The van der Waals surface area contributed by atoms with Gasteiger partial charge in [-0.3, -0.25) is 19.9 Å². The van der Waals surface area contributed by atoms with Crippen molar-refractivity contribution in [2.45, 2.75) is 0 Å². The predicted octanol–water partition coefficient (Wildman–Crippen LogP) is 7.36. The van der Waals surface area contributed by atoms with E-state index in [2.05, 4.69) is 77.6 Å². The first-order valence-corrected chi connectivity index (χ1v) is 12.7. The van der Waals surface area contributed by atoms with Gasteiger partial charge in [0.25, 0.3) is 0 Å². The van der Waals surface area contributed by atoms with E-state index in [1.165, 1.54) is 0 Å². The number of benzene rings is 2. The highest BCUT2D eigenvalue weighted by molar-refractivity contribution is 6.09. The van der Waals surface area contributed by atoms with Gasteiger partial charge in [-0.25, -0.2) is 0 Å². The van der Waals surface area contributed by atoms with E-state index in [9.17, 15) is 0 Å². The fourth-order valence-electron chi connectivity index (χ4n) is 5.89. The number of hydrogen-bond donors (Lipinski definition) is 0. The maximum Gasteiger partial charge on any atom is 0.135 e. The summed E-state index contributed by atoms with van der Waals surface area (Å²) in [6.45, 7) is 0. The molecule has 0 radical (unpaired) electrons. The van der Waals surface area contributed by atoms with Crippen LogP contribution in [-0.4, -0.2) is 29.1 Å². The van der Waals surface area contributed by atoms with E-state index in [4.69, 9.17) is 4.42 Å². The van der Waals surface area contributed by atoms with Gasteiger partial charge in [0.1, 0.15) is 33.2 Å². The number of fused-ring (bicyclic) bond motifs is 9. The van der Waals surface area contributed by atoms with Crippen molar-refractivity contribution in [3.63, 3.8) is 0 Å². The Morgan fingerprint density at radius 1 is 0.436 bits per heavy atom. The van der Waals surface area contributed by atoms with Crippen molar-refractivity contribution in [3.05, 3.63) is 110 Å². The second-order valence-corrected chi connectivity index (χ2v) is 9.62. The maximum absolute atomic E-state index is 6.28.